The minimum Gasteiger partial charge on any atom is -0.493 e. The van der Waals surface area contributed by atoms with Gasteiger partial charge in [-0.3, -0.25) is 14.2 Å². The summed E-state index contributed by atoms with van der Waals surface area (Å²) >= 11 is 4.55. The van der Waals surface area contributed by atoms with Crippen LogP contribution < -0.4 is 29.7 Å². The average molecular weight is 584 g/mol. The zero-order chi connectivity index (χ0) is 26.4. The molecule has 0 spiro atoms. The first-order chi connectivity index (χ1) is 17.8. The van der Waals surface area contributed by atoms with Gasteiger partial charge in [0, 0.05) is 15.7 Å². The normalized spacial score (nSPS) is 17.5. The molecule has 1 N–H and O–H groups in total. The number of hydrogen-bond acceptors (Lipinski definition) is 8. The number of carbonyl (C=O) groups is 2. The molecule has 3 heterocycles. The second-order valence-corrected chi connectivity index (χ2v) is 10.1. The SMILES string of the molecule is CCOC(=O)C1=C(C)N=c2s/c(=C3/C(=O)Nc4ccc(Br)cc43)c(=O)n2[C@H]1c1ccc(OC)c(OC)c1. The van der Waals surface area contributed by atoms with Crippen LogP contribution in [0.15, 0.2) is 61.9 Å². The zero-order valence-corrected chi connectivity index (χ0v) is 22.8. The minimum absolute atomic E-state index is 0.161. The fourth-order valence-corrected chi connectivity index (χ4v) is 6.05. The number of anilines is 1. The van der Waals surface area contributed by atoms with Crippen LogP contribution in [-0.2, 0) is 14.3 Å². The maximum atomic E-state index is 14.0. The number of halogens is 1. The molecule has 1 aromatic heterocycles. The van der Waals surface area contributed by atoms with Crippen LogP contribution in [0.4, 0.5) is 5.69 Å². The van der Waals surface area contributed by atoms with Gasteiger partial charge in [0.15, 0.2) is 16.3 Å². The molecular weight excluding hydrogens is 562 g/mol. The fraction of sp³-hybridized carbons (Fsp3) is 0.231. The number of methoxy groups -OCH3 is 2. The van der Waals surface area contributed by atoms with E-state index in [1.807, 2.05) is 6.07 Å². The molecule has 0 aliphatic carbocycles. The highest BCUT2D eigenvalue weighted by molar-refractivity contribution is 9.10. The summed E-state index contributed by atoms with van der Waals surface area (Å²) < 4.78 is 18.6. The van der Waals surface area contributed by atoms with Crippen LogP contribution in [0.5, 0.6) is 11.5 Å². The molecule has 9 nitrogen and oxygen atoms in total. The van der Waals surface area contributed by atoms with Crippen LogP contribution in [0.3, 0.4) is 0 Å². The number of rotatable bonds is 5. The second-order valence-electron chi connectivity index (χ2n) is 8.26. The predicted octanol–water partition coefficient (Wildman–Crippen LogP) is 2.90. The standard InChI is InChI=1S/C26H22BrN3O6S/c1-5-36-25(33)19-12(2)28-26-30(21(19)13-6-9-17(34-3)18(10-13)35-4)24(32)22(37-26)20-15-11-14(27)7-8-16(15)29-23(20)31/h6-11,21H,5H2,1-4H3,(H,29,31)/b22-20+/t21-/m0/s1. The Hall–Kier alpha value is -3.70. The Balaban J connectivity index is 1.82. The van der Waals surface area contributed by atoms with Crippen LogP contribution in [0.2, 0.25) is 0 Å². The second kappa shape index (κ2) is 9.64. The van der Waals surface area contributed by atoms with Gasteiger partial charge < -0.3 is 19.5 Å². The highest BCUT2D eigenvalue weighted by Gasteiger charge is 2.35. The molecular formula is C26H22BrN3O6S. The molecule has 2 aliphatic rings. The number of amides is 1. The Morgan fingerprint density at radius 3 is 2.59 bits per heavy atom. The number of aromatic nitrogens is 1. The number of allylic oxidation sites excluding steroid dienone is 1. The number of ether oxygens (including phenoxy) is 3. The Morgan fingerprint density at radius 2 is 1.89 bits per heavy atom. The van der Waals surface area contributed by atoms with Crippen molar-refractivity contribution in [2.75, 3.05) is 26.1 Å². The first-order valence-corrected chi connectivity index (χ1v) is 12.9. The van der Waals surface area contributed by atoms with Crippen molar-refractivity contribution in [1.82, 2.24) is 4.57 Å². The number of hydrogen-bond donors (Lipinski definition) is 1. The van der Waals surface area contributed by atoms with Gasteiger partial charge in [0.1, 0.15) is 4.53 Å². The van der Waals surface area contributed by atoms with Crippen LogP contribution >= 0.6 is 27.3 Å². The van der Waals surface area contributed by atoms with Crippen LogP contribution in [-0.4, -0.2) is 37.3 Å². The number of thiazole rings is 1. The van der Waals surface area contributed by atoms with Crippen molar-refractivity contribution in [3.05, 3.63) is 83.0 Å². The third kappa shape index (κ3) is 4.08. The monoisotopic (exact) mass is 583 g/mol. The summed E-state index contributed by atoms with van der Waals surface area (Å²) in [4.78, 5) is 45.1. The summed E-state index contributed by atoms with van der Waals surface area (Å²) in [5.74, 6) is -0.00226. The summed E-state index contributed by atoms with van der Waals surface area (Å²) in [5, 5.41) is 2.82. The van der Waals surface area contributed by atoms with E-state index in [0.717, 1.165) is 15.8 Å². The van der Waals surface area contributed by atoms with Gasteiger partial charge in [-0.2, -0.15) is 0 Å². The smallest absolute Gasteiger partial charge is 0.338 e. The minimum atomic E-state index is -0.851. The van der Waals surface area contributed by atoms with E-state index in [9.17, 15) is 14.4 Å². The van der Waals surface area contributed by atoms with E-state index in [2.05, 4.69) is 26.2 Å². The fourth-order valence-electron chi connectivity index (χ4n) is 4.55. The molecule has 0 bridgehead atoms. The van der Waals surface area contributed by atoms with Crippen LogP contribution in [0.25, 0.3) is 5.57 Å². The number of benzene rings is 2. The molecule has 1 atom stereocenters. The first kappa shape index (κ1) is 25.0. The third-order valence-corrected chi connectivity index (χ3v) is 7.72. The van der Waals surface area contributed by atoms with E-state index in [1.54, 1.807) is 44.2 Å². The summed E-state index contributed by atoms with van der Waals surface area (Å²) in [5.41, 5.74) is 2.34. The average Bonchev–Trinajstić information content (AvgIpc) is 3.37. The van der Waals surface area contributed by atoms with Gasteiger partial charge in [0.05, 0.1) is 43.7 Å². The molecule has 0 fully saturated rings. The van der Waals surface area contributed by atoms with Gasteiger partial charge in [0.2, 0.25) is 0 Å². The molecule has 0 unspecified atom stereocenters. The lowest BCUT2D eigenvalue weighted by Crippen LogP contribution is -2.40. The van der Waals surface area contributed by atoms with Crippen molar-refractivity contribution in [2.45, 2.75) is 19.9 Å². The largest absolute Gasteiger partial charge is 0.493 e. The topological polar surface area (TPSA) is 108 Å². The molecule has 2 aromatic carbocycles. The maximum Gasteiger partial charge on any atom is 0.338 e. The van der Waals surface area contributed by atoms with Gasteiger partial charge in [0.25, 0.3) is 11.5 Å². The van der Waals surface area contributed by atoms with Crippen LogP contribution in [0, 0.1) is 0 Å². The molecule has 2 aliphatic heterocycles. The van der Waals surface area contributed by atoms with Crippen molar-refractivity contribution in [3.8, 4) is 11.5 Å². The number of nitrogens with zero attached hydrogens (tertiary/aromatic N) is 2. The van der Waals surface area contributed by atoms with Gasteiger partial charge in [-0.05, 0) is 49.7 Å². The Bertz CT molecular complexity index is 1690. The molecule has 0 radical (unpaired) electrons. The molecule has 0 saturated carbocycles. The third-order valence-electron chi connectivity index (χ3n) is 6.17. The van der Waals surface area contributed by atoms with E-state index in [-0.39, 0.29) is 28.2 Å². The number of fused-ring (bicyclic) bond motifs is 2. The molecule has 190 valence electrons. The Kier molecular flexibility index (Phi) is 6.50. The lowest BCUT2D eigenvalue weighted by Gasteiger charge is -2.25. The molecule has 0 saturated heterocycles. The summed E-state index contributed by atoms with van der Waals surface area (Å²) in [7, 11) is 3.04. The van der Waals surface area contributed by atoms with Crippen molar-refractivity contribution >= 4 is 50.4 Å². The Morgan fingerprint density at radius 1 is 1.14 bits per heavy atom. The van der Waals surface area contributed by atoms with E-state index >= 15 is 0 Å². The van der Waals surface area contributed by atoms with Gasteiger partial charge >= 0.3 is 5.97 Å². The zero-order valence-electron chi connectivity index (χ0n) is 20.4. The van der Waals surface area contributed by atoms with Crippen molar-refractivity contribution in [3.63, 3.8) is 0 Å². The van der Waals surface area contributed by atoms with Gasteiger partial charge in [-0.1, -0.05) is 33.3 Å². The molecule has 1 amide bonds. The van der Waals surface area contributed by atoms with E-state index in [0.29, 0.717) is 38.8 Å². The lowest BCUT2D eigenvalue weighted by molar-refractivity contribution is -0.139. The summed E-state index contributed by atoms with van der Waals surface area (Å²) in [6.45, 7) is 3.58. The lowest BCUT2D eigenvalue weighted by atomic mass is 9.95. The highest BCUT2D eigenvalue weighted by Crippen LogP contribution is 2.36. The first-order valence-electron chi connectivity index (χ1n) is 11.3. The summed E-state index contributed by atoms with van der Waals surface area (Å²) in [6.07, 6.45) is 0. The number of nitrogens with one attached hydrogen (secondary N) is 1. The summed E-state index contributed by atoms with van der Waals surface area (Å²) in [6, 6.07) is 9.73. The van der Waals surface area contributed by atoms with Crippen LogP contribution in [0.1, 0.15) is 31.0 Å². The molecule has 11 heteroatoms. The molecule has 5 rings (SSSR count). The molecule has 37 heavy (non-hydrogen) atoms. The van der Waals surface area contributed by atoms with Crippen molar-refractivity contribution < 1.29 is 23.8 Å². The van der Waals surface area contributed by atoms with Gasteiger partial charge in [-0.25, -0.2) is 9.79 Å². The maximum absolute atomic E-state index is 14.0. The van der Waals surface area contributed by atoms with Crippen molar-refractivity contribution in [1.29, 1.82) is 0 Å². The molecule has 3 aromatic rings. The van der Waals surface area contributed by atoms with Gasteiger partial charge in [-0.15, -0.1) is 0 Å². The predicted molar refractivity (Wildman–Crippen MR) is 142 cm³/mol. The van der Waals surface area contributed by atoms with E-state index in [1.165, 1.54) is 18.8 Å². The highest BCUT2D eigenvalue weighted by atomic mass is 79.9. The number of esters is 1. The van der Waals surface area contributed by atoms with Crippen molar-refractivity contribution in [2.24, 2.45) is 4.99 Å². The van der Waals surface area contributed by atoms with E-state index in [4.69, 9.17) is 14.2 Å². The Labute approximate surface area is 223 Å². The quantitative estimate of drug-likeness (QED) is 0.463. The van der Waals surface area contributed by atoms with E-state index < -0.39 is 17.6 Å². The number of carbonyl (C=O) groups excluding carboxylic acids is 2.